The van der Waals surface area contributed by atoms with E-state index >= 15 is 0 Å². The molecule has 0 radical (unpaired) electrons. The maximum atomic E-state index is 12.0. The van der Waals surface area contributed by atoms with Crippen LogP contribution in [-0.2, 0) is 36.4 Å². The Bertz CT molecular complexity index is 887. The van der Waals surface area contributed by atoms with E-state index in [0.717, 1.165) is 0 Å². The van der Waals surface area contributed by atoms with Crippen LogP contribution in [0.25, 0.3) is 0 Å². The number of hydrogen-bond donors (Lipinski definition) is 7. The van der Waals surface area contributed by atoms with E-state index in [2.05, 4.69) is 29.1 Å². The largest absolute Gasteiger partial charge is 1.00 e. The predicted molar refractivity (Wildman–Crippen MR) is 90.5 cm³/mol. The summed E-state index contributed by atoms with van der Waals surface area (Å²) in [5, 5.41) is 28.6. The van der Waals surface area contributed by atoms with Gasteiger partial charge in [-0.25, -0.2) is 13.8 Å². The van der Waals surface area contributed by atoms with Gasteiger partial charge >= 0.3 is 96.5 Å². The van der Waals surface area contributed by atoms with Crippen LogP contribution in [0.4, 0.5) is 0 Å². The molecule has 3 rings (SSSR count). The number of carbonyl (C=O) groups excluding carboxylic acids is 1. The third-order valence-corrected chi connectivity index (χ3v) is 8.27. The maximum Gasteiger partial charge on any atom is 1.00 e. The zero-order valence-electron chi connectivity index (χ0n) is 18.7. The van der Waals surface area contributed by atoms with Gasteiger partial charge in [0.25, 0.3) is 7.82 Å². The van der Waals surface area contributed by atoms with Gasteiger partial charge in [0, 0.05) is 0 Å². The minimum Gasteiger partial charge on any atom is -0.790 e. The molecule has 35 heavy (non-hydrogen) atoms. The zero-order chi connectivity index (χ0) is 24.1. The molecule has 0 aromatic rings. The van der Waals surface area contributed by atoms with Gasteiger partial charge < -0.3 is 44.4 Å². The number of nitrogens with one attached hydrogen (secondary N) is 3. The summed E-state index contributed by atoms with van der Waals surface area (Å²) < 4.78 is 49.7. The molecular formula is C10H19N5Na3O14P3. The standard InChI is InChI=1S/C10H22N5O14P3.3Na/c11-10-13-7-4(8(18)14-10)12-2-15(7)9-6(17)5(16)3(27-9)1-26-31(22,23)29-32(24,25)28-30(19,20)21;;;/h3-7,9-10,12-13,16-17H,1-2,11H2,(H,14,18)(H,22,23)(H,24,25)(H2,19,20,21);;;/q;3*+1/p-3/t3-,4?,5-,6-,7?,9-,10?;;;/m1.../s1. The number of hydrogen-bond acceptors (Lipinski definition) is 17. The first kappa shape index (κ1) is 37.6. The van der Waals surface area contributed by atoms with Crippen LogP contribution >= 0.6 is 23.5 Å². The van der Waals surface area contributed by atoms with Gasteiger partial charge in [0.2, 0.25) is 5.91 Å². The van der Waals surface area contributed by atoms with Crippen molar-refractivity contribution in [1.29, 1.82) is 0 Å². The Balaban J connectivity index is 0.00000385. The van der Waals surface area contributed by atoms with Crippen LogP contribution in [0.1, 0.15) is 0 Å². The minimum atomic E-state index is -6.11. The fraction of sp³-hybridized carbons (Fsp3) is 0.900. The van der Waals surface area contributed by atoms with E-state index in [1.165, 1.54) is 4.90 Å². The molecule has 0 aromatic carbocycles. The van der Waals surface area contributed by atoms with Gasteiger partial charge in [-0.1, -0.05) is 0 Å². The Morgan fingerprint density at radius 3 is 2.29 bits per heavy atom. The van der Waals surface area contributed by atoms with E-state index in [9.17, 15) is 48.3 Å². The number of nitrogens with two attached hydrogens (primary N) is 1. The number of amides is 1. The summed E-state index contributed by atoms with van der Waals surface area (Å²) in [7, 11) is -17.8. The third-order valence-electron chi connectivity index (χ3n) is 4.57. The normalized spacial score (nSPS) is 36.4. The summed E-state index contributed by atoms with van der Waals surface area (Å²) in [6.07, 6.45) is -7.73. The van der Waals surface area contributed by atoms with Crippen LogP contribution in [0.3, 0.4) is 0 Å². The van der Waals surface area contributed by atoms with Crippen molar-refractivity contribution in [2.75, 3.05) is 13.3 Å². The molecule has 0 aliphatic carbocycles. The van der Waals surface area contributed by atoms with Gasteiger partial charge in [-0.3, -0.25) is 34.6 Å². The van der Waals surface area contributed by atoms with Crippen LogP contribution in [0.2, 0.25) is 0 Å². The van der Waals surface area contributed by atoms with Crippen molar-refractivity contribution in [2.24, 2.45) is 5.73 Å². The zero-order valence-corrected chi connectivity index (χ0v) is 27.3. The fourth-order valence-corrected chi connectivity index (χ4v) is 6.25. The van der Waals surface area contributed by atoms with E-state index in [-0.39, 0.29) is 95.3 Å². The van der Waals surface area contributed by atoms with E-state index in [0.29, 0.717) is 0 Å². The first-order valence-corrected chi connectivity index (χ1v) is 13.1. The maximum absolute atomic E-state index is 12.0. The fourth-order valence-electron chi connectivity index (χ4n) is 3.35. The van der Waals surface area contributed by atoms with Crippen LogP contribution in [-0.4, -0.2) is 82.2 Å². The molecule has 3 heterocycles. The number of phosphoric acid groups is 3. The average Bonchev–Trinajstić information content (AvgIpc) is 3.12. The van der Waals surface area contributed by atoms with Crippen LogP contribution in [0, 0.1) is 0 Å². The van der Waals surface area contributed by atoms with E-state index in [1.54, 1.807) is 0 Å². The number of aliphatic hydroxyl groups is 2. The second-order valence-electron chi connectivity index (χ2n) is 6.82. The smallest absolute Gasteiger partial charge is 0.790 e. The molecule has 9 atom stereocenters. The van der Waals surface area contributed by atoms with Gasteiger partial charge in [-0.15, -0.1) is 0 Å². The average molecular weight is 595 g/mol. The Labute approximate surface area is 264 Å². The second-order valence-corrected chi connectivity index (χ2v) is 11.1. The molecule has 19 nitrogen and oxygen atoms in total. The van der Waals surface area contributed by atoms with Gasteiger partial charge in [0.15, 0.2) is 0 Å². The molecule has 3 aliphatic rings. The number of phosphoric ester groups is 1. The molecule has 3 aliphatic heterocycles. The van der Waals surface area contributed by atoms with Crippen molar-refractivity contribution >= 4 is 29.4 Å². The molecule has 25 heteroatoms. The van der Waals surface area contributed by atoms with Crippen molar-refractivity contribution in [2.45, 2.75) is 43.0 Å². The quantitative estimate of drug-likeness (QED) is 0.101. The molecule has 0 bridgehead atoms. The summed E-state index contributed by atoms with van der Waals surface area (Å²) in [5.74, 6) is -0.431. The molecular weight excluding hydrogens is 576 g/mol. The summed E-state index contributed by atoms with van der Waals surface area (Å²) in [5.41, 5.74) is 5.66. The molecule has 0 aromatic heterocycles. The number of aliphatic hydroxyl groups excluding tert-OH is 2. The molecule has 5 unspecified atom stereocenters. The molecule has 1 amide bonds. The summed E-state index contributed by atoms with van der Waals surface area (Å²) in [6, 6.07) is -0.770. The molecule has 8 N–H and O–H groups in total. The molecule has 0 saturated carbocycles. The second kappa shape index (κ2) is 14.5. The van der Waals surface area contributed by atoms with Crippen LogP contribution < -0.4 is 125 Å². The number of carbonyl (C=O) groups is 1. The monoisotopic (exact) mass is 595 g/mol. The van der Waals surface area contributed by atoms with Crippen molar-refractivity contribution in [3.63, 3.8) is 0 Å². The number of rotatable bonds is 8. The molecule has 3 saturated heterocycles. The van der Waals surface area contributed by atoms with Crippen molar-refractivity contribution in [3.8, 4) is 0 Å². The van der Waals surface area contributed by atoms with Crippen molar-refractivity contribution < 1.29 is 155 Å². The van der Waals surface area contributed by atoms with E-state index in [1.807, 2.05) is 0 Å². The number of fused-ring (bicyclic) bond motifs is 1. The van der Waals surface area contributed by atoms with Gasteiger partial charge in [0.1, 0.15) is 36.9 Å². The Kier molecular flexibility index (Phi) is 15.6. The first-order valence-electron chi connectivity index (χ1n) is 8.64. The van der Waals surface area contributed by atoms with E-state index in [4.69, 9.17) is 10.5 Å². The van der Waals surface area contributed by atoms with Gasteiger partial charge in [-0.05, 0) is 0 Å². The van der Waals surface area contributed by atoms with Crippen LogP contribution in [0.5, 0.6) is 0 Å². The third kappa shape index (κ3) is 10.2. The number of nitrogens with zero attached hydrogens (tertiary/aromatic N) is 1. The Hall–Kier alpha value is 2.60. The van der Waals surface area contributed by atoms with Crippen molar-refractivity contribution in [1.82, 2.24) is 20.9 Å². The molecule has 0 spiro atoms. The number of ether oxygens (including phenoxy) is 1. The van der Waals surface area contributed by atoms with Gasteiger partial charge in [-0.2, -0.15) is 0 Å². The van der Waals surface area contributed by atoms with Gasteiger partial charge in [0.05, 0.1) is 27.3 Å². The predicted octanol–water partition coefficient (Wildman–Crippen LogP) is -15.6. The first-order chi connectivity index (χ1) is 14.6. The van der Waals surface area contributed by atoms with Crippen LogP contribution in [0.15, 0.2) is 0 Å². The summed E-state index contributed by atoms with van der Waals surface area (Å²) >= 11 is 0. The summed E-state index contributed by atoms with van der Waals surface area (Å²) in [4.78, 5) is 54.7. The van der Waals surface area contributed by atoms with E-state index < -0.39 is 79.0 Å². The Morgan fingerprint density at radius 2 is 1.71 bits per heavy atom. The topological polar surface area (TPSA) is 300 Å². The SMILES string of the molecule is NC1NC(=O)C2NCN([C@@H]3O[C@H](COP(=O)(O)OP(=O)([O-])OP(=O)([O-])[O-])[C@@H](O)[C@H]3O)C2N1.[Na+].[Na+].[Na+]. The Morgan fingerprint density at radius 1 is 1.11 bits per heavy atom. The summed E-state index contributed by atoms with van der Waals surface area (Å²) in [6.45, 7) is -1.01. The van der Waals surface area contributed by atoms with Crippen molar-refractivity contribution in [3.05, 3.63) is 0 Å². The molecule has 186 valence electrons. The minimum absolute atomic E-state index is 0. The molecule has 3 fully saturated rings.